The zero-order valence-corrected chi connectivity index (χ0v) is 16.1. The van der Waals surface area contributed by atoms with E-state index in [1.807, 2.05) is 41.8 Å². The van der Waals surface area contributed by atoms with Gasteiger partial charge in [-0.2, -0.15) is 4.72 Å². The first kappa shape index (κ1) is 18.1. The predicted octanol–water partition coefficient (Wildman–Crippen LogP) is 4.88. The third-order valence-electron chi connectivity index (χ3n) is 4.66. The number of nitrogens with one attached hydrogen (secondary N) is 1. The molecule has 0 fully saturated rings. The van der Waals surface area contributed by atoms with Gasteiger partial charge >= 0.3 is 0 Å². The molecule has 0 amide bonds. The van der Waals surface area contributed by atoms with Gasteiger partial charge < -0.3 is 0 Å². The van der Waals surface area contributed by atoms with Crippen LogP contribution < -0.4 is 4.72 Å². The molecule has 1 unspecified atom stereocenters. The highest BCUT2D eigenvalue weighted by Gasteiger charge is 2.27. The molecule has 1 atom stereocenters. The molecule has 6 heteroatoms. The summed E-state index contributed by atoms with van der Waals surface area (Å²) in [6.07, 6.45) is 2.91. The minimum atomic E-state index is -3.69. The Morgan fingerprint density at radius 1 is 0.963 bits per heavy atom. The van der Waals surface area contributed by atoms with Crippen LogP contribution >= 0.6 is 11.3 Å². The maximum Gasteiger partial charge on any atom is 0.237 e. The first-order chi connectivity index (χ1) is 13.0. The molecule has 1 aliphatic rings. The van der Waals surface area contributed by atoms with Crippen LogP contribution in [0.25, 0.3) is 6.08 Å². The largest absolute Gasteiger partial charge is 0.237 e. The molecule has 1 aliphatic carbocycles. The molecule has 0 saturated heterocycles. The Balaban J connectivity index is 1.69. The zero-order valence-electron chi connectivity index (χ0n) is 14.4. The summed E-state index contributed by atoms with van der Waals surface area (Å²) >= 11 is 1.47. The van der Waals surface area contributed by atoms with Crippen LogP contribution in [-0.2, 0) is 16.4 Å². The number of benzene rings is 2. The van der Waals surface area contributed by atoms with Crippen molar-refractivity contribution < 1.29 is 12.8 Å². The van der Waals surface area contributed by atoms with E-state index in [9.17, 15) is 12.8 Å². The van der Waals surface area contributed by atoms with Crippen LogP contribution in [0.1, 0.15) is 34.0 Å². The van der Waals surface area contributed by atoms with Crippen LogP contribution in [0.15, 0.2) is 70.9 Å². The normalized spacial score (nSPS) is 15.1. The maximum atomic E-state index is 13.3. The summed E-state index contributed by atoms with van der Waals surface area (Å²) in [4.78, 5) is 1.24. The quantitative estimate of drug-likeness (QED) is 0.664. The molecule has 0 aliphatic heterocycles. The zero-order chi connectivity index (χ0) is 18.9. The molecule has 1 aromatic heterocycles. The molecule has 4 rings (SSSR count). The number of rotatable bonds is 5. The van der Waals surface area contributed by atoms with E-state index in [1.54, 1.807) is 18.2 Å². The lowest BCUT2D eigenvalue weighted by Crippen LogP contribution is -2.30. The molecule has 0 radical (unpaired) electrons. The van der Waals surface area contributed by atoms with E-state index in [2.05, 4.69) is 4.72 Å². The number of halogens is 1. The molecule has 0 bridgehead atoms. The van der Waals surface area contributed by atoms with Crippen molar-refractivity contribution in [2.45, 2.75) is 18.9 Å². The first-order valence-electron chi connectivity index (χ1n) is 8.62. The van der Waals surface area contributed by atoms with Crippen molar-refractivity contribution in [1.29, 1.82) is 0 Å². The van der Waals surface area contributed by atoms with Crippen molar-refractivity contribution in [1.82, 2.24) is 4.72 Å². The fourth-order valence-corrected chi connectivity index (χ4v) is 5.50. The average Bonchev–Trinajstić information content (AvgIpc) is 3.21. The SMILES string of the molecule is O=S(=O)(NC(c1ccc(F)cc1)c1cccs1)C1=Cc2ccccc2CC1. The minimum Gasteiger partial charge on any atom is -0.207 e. The van der Waals surface area contributed by atoms with Crippen molar-refractivity contribution in [2.24, 2.45) is 0 Å². The van der Waals surface area contributed by atoms with E-state index in [-0.39, 0.29) is 5.82 Å². The van der Waals surface area contributed by atoms with E-state index in [0.29, 0.717) is 23.3 Å². The molecule has 1 N–H and O–H groups in total. The lowest BCUT2D eigenvalue weighted by atomic mass is 9.98. The minimum absolute atomic E-state index is 0.349. The predicted molar refractivity (Wildman–Crippen MR) is 107 cm³/mol. The van der Waals surface area contributed by atoms with Crippen molar-refractivity contribution in [3.63, 3.8) is 0 Å². The Morgan fingerprint density at radius 2 is 1.74 bits per heavy atom. The van der Waals surface area contributed by atoms with Crippen LogP contribution in [0.3, 0.4) is 0 Å². The van der Waals surface area contributed by atoms with Crippen LogP contribution in [0.5, 0.6) is 0 Å². The lowest BCUT2D eigenvalue weighted by Gasteiger charge is -2.22. The Bertz CT molecular complexity index is 1070. The van der Waals surface area contributed by atoms with Gasteiger partial charge in [-0.05, 0) is 59.2 Å². The molecule has 0 spiro atoms. The molecule has 2 aromatic carbocycles. The van der Waals surface area contributed by atoms with Gasteiger partial charge in [0.05, 0.1) is 10.9 Å². The van der Waals surface area contributed by atoms with Crippen LogP contribution in [-0.4, -0.2) is 8.42 Å². The highest BCUT2D eigenvalue weighted by Crippen LogP contribution is 2.31. The van der Waals surface area contributed by atoms with Crippen molar-refractivity contribution in [2.75, 3.05) is 0 Å². The van der Waals surface area contributed by atoms with E-state index in [4.69, 9.17) is 0 Å². The summed E-state index contributed by atoms with van der Waals surface area (Å²) in [6, 6.07) is 17.0. The molecular weight excluding hydrogens is 381 g/mol. The van der Waals surface area contributed by atoms with E-state index in [1.165, 1.54) is 23.5 Å². The number of fused-ring (bicyclic) bond motifs is 1. The summed E-state index contributed by atoms with van der Waals surface area (Å²) in [5, 5.41) is 1.90. The summed E-state index contributed by atoms with van der Waals surface area (Å²) < 4.78 is 42.3. The molecule has 3 nitrogen and oxygen atoms in total. The summed E-state index contributed by atoms with van der Waals surface area (Å²) in [5.41, 5.74) is 2.81. The average molecular weight is 400 g/mol. The summed E-state index contributed by atoms with van der Waals surface area (Å²) in [5.74, 6) is -0.349. The number of allylic oxidation sites excluding steroid dienone is 1. The van der Waals surface area contributed by atoms with Gasteiger partial charge in [0.25, 0.3) is 0 Å². The molecule has 27 heavy (non-hydrogen) atoms. The van der Waals surface area contributed by atoms with Gasteiger partial charge in [0.2, 0.25) is 10.0 Å². The summed E-state index contributed by atoms with van der Waals surface area (Å²) in [7, 11) is -3.69. The van der Waals surface area contributed by atoms with E-state index >= 15 is 0 Å². The Hall–Kier alpha value is -2.28. The third kappa shape index (κ3) is 3.88. The highest BCUT2D eigenvalue weighted by atomic mass is 32.2. The number of hydrogen-bond donors (Lipinski definition) is 1. The monoisotopic (exact) mass is 399 g/mol. The smallest absolute Gasteiger partial charge is 0.207 e. The van der Waals surface area contributed by atoms with Gasteiger partial charge in [-0.1, -0.05) is 42.5 Å². The molecule has 1 heterocycles. The Labute approximate surface area is 162 Å². The van der Waals surface area contributed by atoms with Crippen LogP contribution in [0.4, 0.5) is 4.39 Å². The number of thiophene rings is 1. The van der Waals surface area contributed by atoms with Crippen molar-refractivity contribution in [3.05, 3.63) is 98.3 Å². The third-order valence-corrected chi connectivity index (χ3v) is 7.16. The van der Waals surface area contributed by atoms with Gasteiger partial charge in [-0.25, -0.2) is 12.8 Å². The second-order valence-electron chi connectivity index (χ2n) is 6.43. The molecule has 138 valence electrons. The number of hydrogen-bond acceptors (Lipinski definition) is 3. The maximum absolute atomic E-state index is 13.3. The van der Waals surface area contributed by atoms with Gasteiger partial charge in [0.1, 0.15) is 5.82 Å². The molecule has 3 aromatic rings. The topological polar surface area (TPSA) is 46.2 Å². The summed E-state index contributed by atoms with van der Waals surface area (Å²) in [6.45, 7) is 0. The van der Waals surface area contributed by atoms with Crippen molar-refractivity contribution in [3.8, 4) is 0 Å². The van der Waals surface area contributed by atoms with Crippen LogP contribution in [0, 0.1) is 5.82 Å². The standard InChI is InChI=1S/C21H18FNO2S2/c22-18-10-7-16(8-11-18)21(20-6-3-13-26-20)23-27(24,25)19-12-9-15-4-1-2-5-17(15)14-19/h1-8,10-11,13-14,21,23H,9,12H2. The fraction of sp³-hybridized carbons (Fsp3) is 0.143. The van der Waals surface area contributed by atoms with Crippen LogP contribution in [0.2, 0.25) is 0 Å². The number of sulfonamides is 1. The molecule has 0 saturated carbocycles. The van der Waals surface area contributed by atoms with Gasteiger partial charge in [-0.3, -0.25) is 0 Å². The van der Waals surface area contributed by atoms with E-state index < -0.39 is 16.1 Å². The van der Waals surface area contributed by atoms with Gasteiger partial charge in [0.15, 0.2) is 0 Å². The number of aryl methyl sites for hydroxylation is 1. The fourth-order valence-electron chi connectivity index (χ4n) is 3.25. The highest BCUT2D eigenvalue weighted by molar-refractivity contribution is 7.93. The first-order valence-corrected chi connectivity index (χ1v) is 11.0. The Kier molecular flexibility index (Phi) is 4.95. The van der Waals surface area contributed by atoms with E-state index in [0.717, 1.165) is 16.0 Å². The van der Waals surface area contributed by atoms with Gasteiger partial charge in [0, 0.05) is 4.88 Å². The lowest BCUT2D eigenvalue weighted by molar-refractivity contribution is 0.577. The molecular formula is C21H18FNO2S2. The van der Waals surface area contributed by atoms with Crippen molar-refractivity contribution >= 4 is 27.4 Å². The second-order valence-corrected chi connectivity index (χ2v) is 9.18. The Morgan fingerprint density at radius 3 is 2.48 bits per heavy atom. The second kappa shape index (κ2) is 7.38. The van der Waals surface area contributed by atoms with Gasteiger partial charge in [-0.15, -0.1) is 11.3 Å².